The van der Waals surface area contributed by atoms with Crippen LogP contribution in [0.2, 0.25) is 0 Å². The highest BCUT2D eigenvalue weighted by Gasteiger charge is 2.24. The number of aliphatic hydroxyl groups is 1. The van der Waals surface area contributed by atoms with Crippen LogP contribution in [-0.2, 0) is 0 Å². The number of aliphatic hydroxyl groups excluding tert-OH is 1. The number of ether oxygens (including phenoxy) is 1. The van der Waals surface area contributed by atoms with E-state index in [4.69, 9.17) is 4.74 Å². The molecule has 0 amide bonds. The maximum Gasteiger partial charge on any atom is 0.123 e. The number of likely N-dealkylation sites (tertiary alicyclic amines) is 1. The molecular weight excluding hydrogens is 294 g/mol. The van der Waals surface area contributed by atoms with Gasteiger partial charge in [0.05, 0.1) is 19.8 Å². The van der Waals surface area contributed by atoms with Gasteiger partial charge in [0.25, 0.3) is 0 Å². The van der Waals surface area contributed by atoms with E-state index in [-0.39, 0.29) is 12.6 Å². The standard InChI is InChI=1S/C14H20BrNO2/c1-18-14-6-5-11(15)9-12(14)13(10-17)16-7-3-2-4-8-16/h5-6,9,13,17H,2-4,7-8,10H2,1H3. The van der Waals surface area contributed by atoms with Crippen LogP contribution >= 0.6 is 15.9 Å². The molecule has 1 saturated heterocycles. The minimum absolute atomic E-state index is 0.0396. The zero-order valence-electron chi connectivity index (χ0n) is 10.7. The normalized spacial score (nSPS) is 18.6. The van der Waals surface area contributed by atoms with Crippen LogP contribution in [0.1, 0.15) is 30.9 Å². The van der Waals surface area contributed by atoms with Crippen molar-refractivity contribution in [3.05, 3.63) is 28.2 Å². The predicted octanol–water partition coefficient (Wildman–Crippen LogP) is 2.98. The number of nitrogens with zero attached hydrogens (tertiary/aromatic N) is 1. The molecule has 1 atom stereocenters. The second-order valence-electron chi connectivity index (χ2n) is 4.68. The van der Waals surface area contributed by atoms with E-state index in [0.29, 0.717) is 0 Å². The second kappa shape index (κ2) is 6.55. The molecule has 0 saturated carbocycles. The van der Waals surface area contributed by atoms with Gasteiger partial charge in [-0.2, -0.15) is 0 Å². The zero-order valence-corrected chi connectivity index (χ0v) is 12.3. The lowest BCUT2D eigenvalue weighted by molar-refractivity contribution is 0.102. The van der Waals surface area contributed by atoms with Crippen LogP contribution in [0.3, 0.4) is 0 Å². The molecule has 2 rings (SSSR count). The van der Waals surface area contributed by atoms with Crippen molar-refractivity contribution in [3.63, 3.8) is 0 Å². The van der Waals surface area contributed by atoms with E-state index in [2.05, 4.69) is 20.8 Å². The summed E-state index contributed by atoms with van der Waals surface area (Å²) in [5.74, 6) is 0.850. The van der Waals surface area contributed by atoms with Crippen molar-refractivity contribution in [2.24, 2.45) is 0 Å². The molecule has 0 aromatic heterocycles. The highest BCUT2D eigenvalue weighted by atomic mass is 79.9. The Bertz CT molecular complexity index is 391. The van der Waals surface area contributed by atoms with Crippen LogP contribution in [0, 0.1) is 0 Å². The van der Waals surface area contributed by atoms with Gasteiger partial charge < -0.3 is 9.84 Å². The Hall–Kier alpha value is -0.580. The van der Waals surface area contributed by atoms with Crippen LogP contribution < -0.4 is 4.74 Å². The molecule has 1 N–H and O–H groups in total. The first-order chi connectivity index (χ1) is 8.76. The van der Waals surface area contributed by atoms with Crippen LogP contribution in [0.15, 0.2) is 22.7 Å². The third-order valence-electron chi connectivity index (χ3n) is 3.56. The number of hydrogen-bond donors (Lipinski definition) is 1. The average Bonchev–Trinajstić information content (AvgIpc) is 2.41. The van der Waals surface area contributed by atoms with Gasteiger partial charge in [-0.1, -0.05) is 22.4 Å². The molecule has 18 heavy (non-hydrogen) atoms. The van der Waals surface area contributed by atoms with Crippen molar-refractivity contribution in [2.45, 2.75) is 25.3 Å². The Kier molecular flexibility index (Phi) is 5.03. The molecule has 0 bridgehead atoms. The van der Waals surface area contributed by atoms with Gasteiger partial charge in [0, 0.05) is 10.0 Å². The molecule has 1 aromatic rings. The van der Waals surface area contributed by atoms with E-state index in [0.717, 1.165) is 28.9 Å². The maximum absolute atomic E-state index is 9.73. The lowest BCUT2D eigenvalue weighted by Crippen LogP contribution is -2.35. The fourth-order valence-electron chi connectivity index (χ4n) is 2.61. The lowest BCUT2D eigenvalue weighted by Gasteiger charge is -2.34. The van der Waals surface area contributed by atoms with Gasteiger partial charge in [-0.25, -0.2) is 0 Å². The largest absolute Gasteiger partial charge is 0.496 e. The fourth-order valence-corrected chi connectivity index (χ4v) is 2.98. The third-order valence-corrected chi connectivity index (χ3v) is 4.05. The second-order valence-corrected chi connectivity index (χ2v) is 5.60. The molecule has 1 fully saturated rings. The van der Waals surface area contributed by atoms with Crippen molar-refractivity contribution in [2.75, 3.05) is 26.8 Å². The summed E-state index contributed by atoms with van der Waals surface area (Å²) in [4.78, 5) is 2.35. The van der Waals surface area contributed by atoms with Crippen LogP contribution in [0.4, 0.5) is 0 Å². The Morgan fingerprint density at radius 2 is 2.06 bits per heavy atom. The summed E-state index contributed by atoms with van der Waals surface area (Å²) in [5.41, 5.74) is 1.07. The van der Waals surface area contributed by atoms with Crippen molar-refractivity contribution in [1.29, 1.82) is 0 Å². The molecule has 1 aliphatic heterocycles. The summed E-state index contributed by atoms with van der Waals surface area (Å²) in [6.45, 7) is 2.24. The highest BCUT2D eigenvalue weighted by molar-refractivity contribution is 9.10. The molecule has 100 valence electrons. The third kappa shape index (κ3) is 3.05. The quantitative estimate of drug-likeness (QED) is 0.927. The summed E-state index contributed by atoms with van der Waals surface area (Å²) < 4.78 is 6.44. The first-order valence-corrected chi connectivity index (χ1v) is 7.24. The van der Waals surface area contributed by atoms with Crippen molar-refractivity contribution in [3.8, 4) is 5.75 Å². The number of hydrogen-bond acceptors (Lipinski definition) is 3. The first-order valence-electron chi connectivity index (χ1n) is 6.44. The van der Waals surface area contributed by atoms with Crippen molar-refractivity contribution < 1.29 is 9.84 Å². The minimum atomic E-state index is 0.0396. The van der Waals surface area contributed by atoms with Gasteiger partial charge in [-0.05, 0) is 44.1 Å². The Morgan fingerprint density at radius 1 is 1.33 bits per heavy atom. The van der Waals surface area contributed by atoms with Crippen LogP contribution in [-0.4, -0.2) is 36.8 Å². The maximum atomic E-state index is 9.73. The van der Waals surface area contributed by atoms with Gasteiger partial charge in [-0.3, -0.25) is 4.90 Å². The van der Waals surface area contributed by atoms with E-state index in [9.17, 15) is 5.11 Å². The molecular formula is C14H20BrNO2. The smallest absolute Gasteiger partial charge is 0.123 e. The summed E-state index contributed by atoms with van der Waals surface area (Å²) in [6.07, 6.45) is 3.73. The number of methoxy groups -OCH3 is 1. The zero-order chi connectivity index (χ0) is 13.0. The number of halogens is 1. The van der Waals surface area contributed by atoms with E-state index in [1.54, 1.807) is 7.11 Å². The number of benzene rings is 1. The monoisotopic (exact) mass is 313 g/mol. The van der Waals surface area contributed by atoms with Crippen molar-refractivity contribution in [1.82, 2.24) is 4.90 Å². The van der Waals surface area contributed by atoms with E-state index >= 15 is 0 Å². The van der Waals surface area contributed by atoms with Crippen LogP contribution in [0.25, 0.3) is 0 Å². The Balaban J connectivity index is 2.27. The molecule has 0 spiro atoms. The molecule has 1 unspecified atom stereocenters. The summed E-state index contributed by atoms with van der Waals surface area (Å²) >= 11 is 3.49. The molecule has 1 heterocycles. The molecule has 1 aromatic carbocycles. The number of rotatable bonds is 4. The van der Waals surface area contributed by atoms with Gasteiger partial charge in [-0.15, -0.1) is 0 Å². The topological polar surface area (TPSA) is 32.7 Å². The Labute approximate surface area is 117 Å². The summed E-state index contributed by atoms with van der Waals surface area (Å²) in [6, 6.07) is 6.01. The predicted molar refractivity (Wildman–Crippen MR) is 75.9 cm³/mol. The molecule has 3 nitrogen and oxygen atoms in total. The average molecular weight is 314 g/mol. The molecule has 0 radical (unpaired) electrons. The van der Waals surface area contributed by atoms with E-state index in [1.165, 1.54) is 19.3 Å². The minimum Gasteiger partial charge on any atom is -0.496 e. The summed E-state index contributed by atoms with van der Waals surface area (Å²) in [7, 11) is 1.68. The van der Waals surface area contributed by atoms with E-state index < -0.39 is 0 Å². The Morgan fingerprint density at radius 3 is 2.67 bits per heavy atom. The number of piperidine rings is 1. The molecule has 4 heteroatoms. The summed E-state index contributed by atoms with van der Waals surface area (Å²) in [5, 5.41) is 9.73. The fraction of sp³-hybridized carbons (Fsp3) is 0.571. The van der Waals surface area contributed by atoms with Crippen LogP contribution in [0.5, 0.6) is 5.75 Å². The molecule has 1 aliphatic rings. The highest BCUT2D eigenvalue weighted by Crippen LogP contribution is 2.33. The van der Waals surface area contributed by atoms with Gasteiger partial charge in [0.2, 0.25) is 0 Å². The SMILES string of the molecule is COc1ccc(Br)cc1C(CO)N1CCCCC1. The van der Waals surface area contributed by atoms with Gasteiger partial charge in [0.1, 0.15) is 5.75 Å². The first kappa shape index (κ1) is 13.8. The van der Waals surface area contributed by atoms with E-state index in [1.807, 2.05) is 18.2 Å². The van der Waals surface area contributed by atoms with Gasteiger partial charge in [0.15, 0.2) is 0 Å². The molecule has 0 aliphatic carbocycles. The van der Waals surface area contributed by atoms with Crippen molar-refractivity contribution >= 4 is 15.9 Å². The van der Waals surface area contributed by atoms with Gasteiger partial charge >= 0.3 is 0 Å². The lowest BCUT2D eigenvalue weighted by atomic mass is 10.0.